The number of thioether (sulfide) groups is 3. The van der Waals surface area contributed by atoms with E-state index in [1.807, 2.05) is 19.1 Å². The molecule has 23 nitrogen and oxygen atoms in total. The first kappa shape index (κ1) is 61.4. The van der Waals surface area contributed by atoms with Crippen molar-refractivity contribution in [3.8, 4) is 0 Å². The van der Waals surface area contributed by atoms with Crippen LogP contribution in [0, 0.1) is 16.7 Å². The maximum absolute atomic E-state index is 14.0. The maximum Gasteiger partial charge on any atom is 0.305 e. The van der Waals surface area contributed by atoms with E-state index < -0.39 is 125 Å². The first-order valence-corrected chi connectivity index (χ1v) is 26.4. The average Bonchev–Trinajstić information content (AvgIpc) is 3.25. The quantitative estimate of drug-likeness (QED) is 0.0680. The molecule has 7 atom stereocenters. The summed E-state index contributed by atoms with van der Waals surface area (Å²) in [7, 11) is 0. The zero-order valence-electron chi connectivity index (χ0n) is 41.5. The highest BCUT2D eigenvalue weighted by atomic mass is 32.2. The third kappa shape index (κ3) is 22.0. The van der Waals surface area contributed by atoms with Gasteiger partial charge in [-0.05, 0) is 61.5 Å². The van der Waals surface area contributed by atoms with Gasteiger partial charge in [0.05, 0.1) is 12.8 Å². The molecular formula is C45H72N12O11S3. The highest BCUT2D eigenvalue weighted by Gasteiger charge is 2.39. The number of carboxylic acids is 1. The summed E-state index contributed by atoms with van der Waals surface area (Å²) in [5.41, 5.74) is 16.6. The minimum absolute atomic E-state index is 0.0205. The number of fused-ring (bicyclic) bond motifs is 2. The number of hydrogen-bond acceptors (Lipinski definition) is 14. The monoisotopic (exact) mass is 1050 g/mol. The maximum atomic E-state index is 14.0. The van der Waals surface area contributed by atoms with Crippen molar-refractivity contribution in [2.24, 2.45) is 28.5 Å². The molecule has 9 amide bonds. The number of rotatable bonds is 12. The molecule has 71 heavy (non-hydrogen) atoms. The summed E-state index contributed by atoms with van der Waals surface area (Å²) in [6, 6.07) is -2.61. The van der Waals surface area contributed by atoms with Gasteiger partial charge in [-0.25, -0.2) is 0 Å². The van der Waals surface area contributed by atoms with E-state index in [1.165, 1.54) is 44.3 Å². The number of benzene rings is 1. The minimum atomic E-state index is -1.91. The number of amides is 9. The topological polar surface area (TPSA) is 389 Å². The lowest BCUT2D eigenvalue weighted by molar-refractivity contribution is -0.142. The molecule has 0 saturated carbocycles. The predicted octanol–water partition coefficient (Wildman–Crippen LogP) is -0.976. The number of carboxylic acid groups (broad SMARTS) is 1. The number of aliphatic carboxylic acids is 1. The van der Waals surface area contributed by atoms with Gasteiger partial charge in [-0.15, -0.1) is 0 Å². The molecule has 26 heteroatoms. The molecule has 0 saturated heterocycles. The lowest BCUT2D eigenvalue weighted by atomic mass is 9.85. The Morgan fingerprint density at radius 2 is 1.35 bits per heavy atom. The summed E-state index contributed by atoms with van der Waals surface area (Å²) in [6.45, 7) is 12.7. The van der Waals surface area contributed by atoms with E-state index >= 15 is 0 Å². The van der Waals surface area contributed by atoms with Crippen LogP contribution in [0.15, 0.2) is 18.2 Å². The number of carbonyl (C=O) groups excluding carboxylic acids is 9. The number of carbonyl (C=O) groups is 10. The summed E-state index contributed by atoms with van der Waals surface area (Å²) in [5, 5.41) is 37.3. The van der Waals surface area contributed by atoms with Gasteiger partial charge >= 0.3 is 5.97 Å². The van der Waals surface area contributed by atoms with Crippen LogP contribution in [0.25, 0.3) is 0 Å². The van der Waals surface area contributed by atoms with E-state index in [2.05, 4.69) is 48.6 Å². The van der Waals surface area contributed by atoms with E-state index in [9.17, 15) is 53.1 Å². The number of nitrogens with two attached hydrogens (primary N) is 3. The fourth-order valence-corrected chi connectivity index (χ4v) is 9.41. The van der Waals surface area contributed by atoms with Crippen molar-refractivity contribution in [2.45, 2.75) is 140 Å². The molecule has 1 heterocycles. The third-order valence-corrected chi connectivity index (χ3v) is 14.0. The highest BCUT2D eigenvalue weighted by Crippen LogP contribution is 2.25. The van der Waals surface area contributed by atoms with Crippen LogP contribution in [0.4, 0.5) is 0 Å². The van der Waals surface area contributed by atoms with Crippen molar-refractivity contribution in [3.05, 3.63) is 34.9 Å². The van der Waals surface area contributed by atoms with Crippen LogP contribution < -0.4 is 59.7 Å². The second-order valence-electron chi connectivity index (χ2n) is 18.7. The average molecular weight is 1050 g/mol. The lowest BCUT2D eigenvalue weighted by Gasteiger charge is -2.33. The van der Waals surface area contributed by atoms with Crippen LogP contribution in [0.5, 0.6) is 0 Å². The van der Waals surface area contributed by atoms with Crippen molar-refractivity contribution >= 4 is 100 Å². The second-order valence-corrected chi connectivity index (χ2v) is 22.1. The molecule has 0 spiro atoms. The van der Waals surface area contributed by atoms with Crippen LogP contribution in [-0.2, 0) is 65.2 Å². The Morgan fingerprint density at radius 1 is 0.775 bits per heavy atom. The molecule has 2 bridgehead atoms. The fourth-order valence-electron chi connectivity index (χ4n) is 6.77. The Morgan fingerprint density at radius 3 is 1.90 bits per heavy atom. The molecular weight excluding hydrogens is 981 g/mol. The highest BCUT2D eigenvalue weighted by molar-refractivity contribution is 7.99. The Bertz CT molecular complexity index is 2120. The molecule has 2 rings (SSSR count). The zero-order chi connectivity index (χ0) is 53.8. The van der Waals surface area contributed by atoms with E-state index in [0.717, 1.165) is 28.2 Å². The molecule has 0 fully saturated rings. The standard InChI is InChI=1S/C45H72N12O11S3/c1-9-69-19-25-13-26-15-27(14-25)21-71-22-31(35(47)61)54-39(65)30(17-33(59)60)55-42(68)45(7,8)57-40(66)28(11-10-12-50-43(48)49)52-38(64)29(16-32(46)58)53-41(67)34(44(4,5)6)56-37(63)24(3)51-36(62)23(2)18-70-20-26/h13-15,23-24,28-31,34H,9-12,16-22H2,1-8H3,(H2,46,58)(H2,47,61)(H,51,62)(H,52,64)(H,53,67)(H,54,65)(H,55,68)(H,56,63)(H,57,66)(H,59,60)(H4,48,49,50)/t23-,24+,28-,29-,30+,31-,34+/m0/s1. The van der Waals surface area contributed by atoms with Crippen LogP contribution in [-0.4, -0.2) is 136 Å². The number of primary amides is 2. The van der Waals surface area contributed by atoms with Crippen molar-refractivity contribution < 1.29 is 53.1 Å². The van der Waals surface area contributed by atoms with Crippen LogP contribution in [0.1, 0.15) is 97.8 Å². The van der Waals surface area contributed by atoms with Crippen LogP contribution in [0.2, 0.25) is 0 Å². The number of guanidine groups is 1. The third-order valence-electron chi connectivity index (χ3n) is 10.7. The van der Waals surface area contributed by atoms with Gasteiger partial charge in [0.1, 0.15) is 41.8 Å². The van der Waals surface area contributed by atoms with Gasteiger partial charge in [-0.1, -0.05) is 52.8 Å². The second kappa shape index (κ2) is 28.9. The van der Waals surface area contributed by atoms with Gasteiger partial charge in [-0.3, -0.25) is 53.4 Å². The Hall–Kier alpha value is -5.76. The van der Waals surface area contributed by atoms with Gasteiger partial charge in [0.25, 0.3) is 0 Å². The van der Waals surface area contributed by atoms with Crippen molar-refractivity contribution in [2.75, 3.05) is 23.8 Å². The number of nitrogens with one attached hydrogen (secondary N) is 9. The minimum Gasteiger partial charge on any atom is -0.481 e. The van der Waals surface area contributed by atoms with Gasteiger partial charge in [0.2, 0.25) is 53.2 Å². The first-order chi connectivity index (χ1) is 33.0. The van der Waals surface area contributed by atoms with E-state index in [0.29, 0.717) is 17.3 Å². The van der Waals surface area contributed by atoms with Crippen molar-refractivity contribution in [3.63, 3.8) is 0 Å². The summed E-state index contributed by atoms with van der Waals surface area (Å²) in [5.74, 6) is -7.63. The molecule has 1 aromatic carbocycles. The summed E-state index contributed by atoms with van der Waals surface area (Å²) in [4.78, 5) is 133. The molecule has 0 radical (unpaired) electrons. The van der Waals surface area contributed by atoms with Crippen molar-refractivity contribution in [1.82, 2.24) is 42.5 Å². The summed E-state index contributed by atoms with van der Waals surface area (Å²) >= 11 is 4.51. The van der Waals surface area contributed by atoms with Crippen molar-refractivity contribution in [1.29, 1.82) is 5.41 Å². The Labute approximate surface area is 427 Å². The smallest absolute Gasteiger partial charge is 0.305 e. The van der Waals surface area contributed by atoms with Crippen LogP contribution in [0.3, 0.4) is 0 Å². The molecule has 1 aromatic rings. The largest absolute Gasteiger partial charge is 0.481 e. The molecule has 16 N–H and O–H groups in total. The van der Waals surface area contributed by atoms with E-state index in [1.54, 1.807) is 39.5 Å². The zero-order valence-corrected chi connectivity index (χ0v) is 44.0. The van der Waals surface area contributed by atoms with E-state index in [-0.39, 0.29) is 31.1 Å². The molecule has 0 aromatic heterocycles. The normalized spacial score (nSPS) is 24.2. The van der Waals surface area contributed by atoms with Crippen LogP contribution >= 0.6 is 35.3 Å². The Kier molecular flexibility index (Phi) is 25.0. The van der Waals surface area contributed by atoms with Gasteiger partial charge < -0.3 is 64.8 Å². The molecule has 1 aliphatic rings. The van der Waals surface area contributed by atoms with Gasteiger partial charge in [0.15, 0.2) is 5.96 Å². The van der Waals surface area contributed by atoms with E-state index in [4.69, 9.17) is 22.6 Å². The fraction of sp³-hybridized carbons (Fsp3) is 0.622. The Balaban J connectivity index is 2.64. The van der Waals surface area contributed by atoms with Gasteiger partial charge in [0, 0.05) is 41.2 Å². The summed E-state index contributed by atoms with van der Waals surface area (Å²) in [6.07, 6.45) is -1.77. The van der Waals surface area contributed by atoms with Gasteiger partial charge in [-0.2, -0.15) is 35.3 Å². The first-order valence-electron chi connectivity index (χ1n) is 22.9. The SMILES string of the molecule is CCSCc1cc2cc(c1)CSC[C@H](C)C(=O)N[C@H](C)C(=O)N[C@@H](C(C)(C)C)C(=O)N[C@@H](CC(N)=O)C(=O)N[C@@H](CCCNC(=N)N)C(=O)NC(C)(C)C(=O)N[C@H](CC(=O)O)C(=O)N[C@H](C(N)=O)CSC2. The lowest BCUT2D eigenvalue weighted by Crippen LogP contribution is -2.64. The molecule has 0 unspecified atom stereocenters. The summed E-state index contributed by atoms with van der Waals surface area (Å²) < 4.78 is 0. The molecule has 1 aliphatic heterocycles. The number of hydrogen-bond donors (Lipinski definition) is 13. The molecule has 396 valence electrons. The predicted molar refractivity (Wildman–Crippen MR) is 273 cm³/mol. The molecule has 0 aliphatic carbocycles.